The number of benzene rings is 1. The van der Waals surface area contributed by atoms with Crippen molar-refractivity contribution in [2.45, 2.75) is 44.4 Å². The molecule has 0 unspecified atom stereocenters. The van der Waals surface area contributed by atoms with Gasteiger partial charge in [0.2, 0.25) is 0 Å². The number of anilines is 1. The summed E-state index contributed by atoms with van der Waals surface area (Å²) in [5.41, 5.74) is 1.54. The zero-order chi connectivity index (χ0) is 24.9. The summed E-state index contributed by atoms with van der Waals surface area (Å²) in [5, 5.41) is 22.0. The second-order valence-electron chi connectivity index (χ2n) is 8.89. The van der Waals surface area contributed by atoms with Crippen LogP contribution in [0.15, 0.2) is 42.7 Å². The van der Waals surface area contributed by atoms with Crippen LogP contribution in [-0.4, -0.2) is 60.8 Å². The van der Waals surface area contributed by atoms with Gasteiger partial charge in [0.05, 0.1) is 17.6 Å². The Morgan fingerprint density at radius 1 is 1.23 bits per heavy atom. The summed E-state index contributed by atoms with van der Waals surface area (Å²) in [5.74, 6) is 0.884. The van der Waals surface area contributed by atoms with Gasteiger partial charge in [-0.1, -0.05) is 12.1 Å². The molecule has 0 amide bonds. The van der Waals surface area contributed by atoms with Crippen LogP contribution >= 0.6 is 0 Å². The SMILES string of the molecule is CC#N.O=[N+]([O-])c1cnccc1NCC1(c2ccc(OCCCN3CCCC3)cc2)CCOCC1. The van der Waals surface area contributed by atoms with Crippen molar-refractivity contribution in [3.8, 4) is 11.8 Å². The Kier molecular flexibility index (Phi) is 10.3. The number of aromatic nitrogens is 1. The van der Waals surface area contributed by atoms with Crippen LogP contribution in [0, 0.1) is 21.4 Å². The standard InChI is InChI=1S/C24H32N4O4.C2H3N/c29-28(30)23-18-25-11-8-22(23)26-19-24(9-16-31-17-10-24)20-4-6-21(7-5-20)32-15-3-14-27-12-1-2-13-27;1-2-3/h4-8,11,18H,1-3,9-10,12-17,19H2,(H,25,26);1H3. The largest absolute Gasteiger partial charge is 0.494 e. The molecule has 0 aliphatic carbocycles. The summed E-state index contributed by atoms with van der Waals surface area (Å²) in [4.78, 5) is 17.3. The Morgan fingerprint density at radius 2 is 1.91 bits per heavy atom. The van der Waals surface area contributed by atoms with Gasteiger partial charge in [-0.15, -0.1) is 0 Å². The molecule has 1 aromatic carbocycles. The Bertz CT molecular complexity index is 964. The van der Waals surface area contributed by atoms with E-state index in [-0.39, 0.29) is 11.1 Å². The van der Waals surface area contributed by atoms with Crippen LogP contribution in [0.2, 0.25) is 0 Å². The van der Waals surface area contributed by atoms with Gasteiger partial charge in [0, 0.05) is 44.8 Å². The first-order valence-corrected chi connectivity index (χ1v) is 12.2. The van der Waals surface area contributed by atoms with Crippen molar-refractivity contribution in [2.75, 3.05) is 51.3 Å². The van der Waals surface area contributed by atoms with Crippen molar-refractivity contribution in [1.82, 2.24) is 9.88 Å². The van der Waals surface area contributed by atoms with Gasteiger partial charge in [0.1, 0.15) is 17.6 Å². The van der Waals surface area contributed by atoms with E-state index in [1.54, 1.807) is 18.3 Å². The number of hydrogen-bond donors (Lipinski definition) is 1. The van der Waals surface area contributed by atoms with Crippen LogP contribution in [0.3, 0.4) is 0 Å². The number of likely N-dealkylation sites (tertiary alicyclic amines) is 1. The highest BCUT2D eigenvalue weighted by Gasteiger charge is 2.35. The third-order valence-corrected chi connectivity index (χ3v) is 6.62. The van der Waals surface area contributed by atoms with Crippen molar-refractivity contribution in [3.63, 3.8) is 0 Å². The van der Waals surface area contributed by atoms with E-state index in [0.29, 0.717) is 25.4 Å². The predicted octanol–water partition coefficient (Wildman–Crippen LogP) is 4.54. The minimum atomic E-state index is -0.401. The van der Waals surface area contributed by atoms with E-state index in [0.717, 1.165) is 38.2 Å². The molecule has 2 aliphatic heterocycles. The van der Waals surface area contributed by atoms with Crippen molar-refractivity contribution in [2.24, 2.45) is 0 Å². The predicted molar refractivity (Wildman–Crippen MR) is 135 cm³/mol. The second kappa shape index (κ2) is 13.6. The molecule has 2 aromatic rings. The van der Waals surface area contributed by atoms with Crippen LogP contribution < -0.4 is 10.1 Å². The fourth-order valence-corrected chi connectivity index (χ4v) is 4.66. The maximum absolute atomic E-state index is 11.3. The molecule has 0 radical (unpaired) electrons. The van der Waals surface area contributed by atoms with Crippen LogP contribution in [0.4, 0.5) is 11.4 Å². The van der Waals surface area contributed by atoms with Gasteiger partial charge in [-0.3, -0.25) is 15.1 Å². The highest BCUT2D eigenvalue weighted by Crippen LogP contribution is 2.37. The first-order valence-electron chi connectivity index (χ1n) is 12.2. The van der Waals surface area contributed by atoms with Gasteiger partial charge in [-0.25, -0.2) is 0 Å². The molecule has 9 heteroatoms. The summed E-state index contributed by atoms with van der Waals surface area (Å²) >= 11 is 0. The van der Waals surface area contributed by atoms with E-state index >= 15 is 0 Å². The van der Waals surface area contributed by atoms with Crippen molar-refractivity contribution < 1.29 is 14.4 Å². The topological polar surface area (TPSA) is 114 Å². The Morgan fingerprint density at radius 3 is 2.57 bits per heavy atom. The average molecular weight is 482 g/mol. The molecule has 0 saturated carbocycles. The maximum atomic E-state index is 11.3. The van der Waals surface area contributed by atoms with E-state index in [1.807, 2.05) is 12.1 Å². The number of nitrogens with one attached hydrogen (secondary N) is 1. The smallest absolute Gasteiger partial charge is 0.310 e. The molecule has 9 nitrogen and oxygen atoms in total. The molecule has 188 valence electrons. The molecule has 2 aliphatic rings. The Hall–Kier alpha value is -3.22. The minimum absolute atomic E-state index is 0.00705. The normalized spacial score (nSPS) is 17.0. The molecule has 1 N–H and O–H groups in total. The van der Waals surface area contributed by atoms with Crippen LogP contribution in [0.1, 0.15) is 44.6 Å². The lowest BCUT2D eigenvalue weighted by Crippen LogP contribution is -2.40. The lowest BCUT2D eigenvalue weighted by Gasteiger charge is -2.38. The van der Waals surface area contributed by atoms with E-state index in [1.165, 1.54) is 44.6 Å². The van der Waals surface area contributed by atoms with E-state index in [4.69, 9.17) is 14.7 Å². The molecule has 35 heavy (non-hydrogen) atoms. The Labute approximate surface area is 207 Å². The lowest BCUT2D eigenvalue weighted by atomic mass is 9.74. The molecule has 0 atom stereocenters. The second-order valence-corrected chi connectivity index (χ2v) is 8.89. The molecule has 2 saturated heterocycles. The monoisotopic (exact) mass is 481 g/mol. The molecule has 0 spiro atoms. The number of hydrogen-bond acceptors (Lipinski definition) is 8. The molecule has 3 heterocycles. The number of pyridine rings is 1. The van der Waals surface area contributed by atoms with Gasteiger partial charge >= 0.3 is 5.69 Å². The highest BCUT2D eigenvalue weighted by molar-refractivity contribution is 5.60. The minimum Gasteiger partial charge on any atom is -0.494 e. The number of ether oxygens (including phenoxy) is 2. The lowest BCUT2D eigenvalue weighted by molar-refractivity contribution is -0.384. The zero-order valence-corrected chi connectivity index (χ0v) is 20.4. The molecule has 4 rings (SSSR count). The molecular weight excluding hydrogens is 446 g/mol. The van der Waals surface area contributed by atoms with Crippen LogP contribution in [0.5, 0.6) is 5.75 Å². The molecular formula is C26H35N5O4. The fraction of sp³-hybridized carbons (Fsp3) is 0.538. The fourth-order valence-electron chi connectivity index (χ4n) is 4.66. The molecule has 2 fully saturated rings. The van der Waals surface area contributed by atoms with Crippen molar-refractivity contribution in [1.29, 1.82) is 5.26 Å². The van der Waals surface area contributed by atoms with Gasteiger partial charge in [-0.05, 0) is 69.0 Å². The first-order chi connectivity index (χ1) is 17.1. The van der Waals surface area contributed by atoms with E-state index in [2.05, 4.69) is 27.3 Å². The van der Waals surface area contributed by atoms with E-state index < -0.39 is 4.92 Å². The van der Waals surface area contributed by atoms with Gasteiger partial charge < -0.3 is 19.7 Å². The van der Waals surface area contributed by atoms with Crippen molar-refractivity contribution in [3.05, 3.63) is 58.4 Å². The van der Waals surface area contributed by atoms with Gasteiger partial charge in [0.25, 0.3) is 0 Å². The van der Waals surface area contributed by atoms with Crippen LogP contribution in [0.25, 0.3) is 0 Å². The van der Waals surface area contributed by atoms with Gasteiger partial charge in [-0.2, -0.15) is 5.26 Å². The number of nitriles is 1. The zero-order valence-electron chi connectivity index (χ0n) is 20.4. The van der Waals surface area contributed by atoms with Crippen LogP contribution in [-0.2, 0) is 10.2 Å². The summed E-state index contributed by atoms with van der Waals surface area (Å²) in [7, 11) is 0. The summed E-state index contributed by atoms with van der Waals surface area (Å²) < 4.78 is 11.6. The highest BCUT2D eigenvalue weighted by atomic mass is 16.6. The third kappa shape index (κ3) is 7.64. The Balaban J connectivity index is 0.00000108. The summed E-state index contributed by atoms with van der Waals surface area (Å²) in [6.45, 7) is 7.64. The number of rotatable bonds is 10. The van der Waals surface area contributed by atoms with Gasteiger partial charge in [0.15, 0.2) is 0 Å². The average Bonchev–Trinajstić information content (AvgIpc) is 3.41. The number of nitro groups is 1. The quantitative estimate of drug-likeness (QED) is 0.299. The van der Waals surface area contributed by atoms with Crippen molar-refractivity contribution >= 4 is 11.4 Å². The first kappa shape index (κ1) is 26.4. The molecule has 0 bridgehead atoms. The third-order valence-electron chi connectivity index (χ3n) is 6.62. The molecule has 1 aromatic heterocycles. The van der Waals surface area contributed by atoms with E-state index in [9.17, 15) is 10.1 Å². The summed E-state index contributed by atoms with van der Waals surface area (Å²) in [6.07, 6.45) is 8.25. The number of nitrogens with zero attached hydrogens (tertiary/aromatic N) is 4. The maximum Gasteiger partial charge on any atom is 0.310 e. The summed E-state index contributed by atoms with van der Waals surface area (Å²) in [6, 6.07) is 11.7.